The van der Waals surface area contributed by atoms with Crippen LogP contribution in [0.3, 0.4) is 0 Å². The second-order valence-corrected chi connectivity index (χ2v) is 4.94. The van der Waals surface area contributed by atoms with Crippen LogP contribution in [0, 0.1) is 6.92 Å². The van der Waals surface area contributed by atoms with Crippen molar-refractivity contribution in [3.8, 4) is 0 Å². The highest BCUT2D eigenvalue weighted by molar-refractivity contribution is 9.10. The van der Waals surface area contributed by atoms with Gasteiger partial charge < -0.3 is 0 Å². The molecule has 0 aliphatic carbocycles. The zero-order chi connectivity index (χ0) is 11.9. The number of nitrogens with zero attached hydrogens (tertiary/aromatic N) is 1. The fourth-order valence-corrected chi connectivity index (χ4v) is 2.45. The number of hydrogen-bond acceptors (Lipinski definition) is 2. The molecule has 5 heteroatoms. The third-order valence-corrected chi connectivity index (χ3v) is 3.56. The molecule has 16 heavy (non-hydrogen) atoms. The summed E-state index contributed by atoms with van der Waals surface area (Å²) in [5, 5.41) is 0.547. The second kappa shape index (κ2) is 4.18. The number of imide groups is 1. The predicted molar refractivity (Wildman–Crippen MR) is 65.6 cm³/mol. The lowest BCUT2D eigenvalue weighted by atomic mass is 10.2. The quantitative estimate of drug-likeness (QED) is 0.748. The third kappa shape index (κ3) is 1.87. The number of halogens is 2. The maximum Gasteiger partial charge on any atom is 0.234 e. The molecule has 0 spiro atoms. The minimum atomic E-state index is -0.175. The lowest BCUT2D eigenvalue weighted by Gasteiger charge is -2.16. The van der Waals surface area contributed by atoms with Crippen molar-refractivity contribution in [3.05, 3.63) is 27.2 Å². The summed E-state index contributed by atoms with van der Waals surface area (Å²) in [7, 11) is 0. The molecule has 0 N–H and O–H groups in total. The van der Waals surface area contributed by atoms with Crippen molar-refractivity contribution in [2.75, 3.05) is 4.90 Å². The normalized spacial score (nSPS) is 16.1. The third-order valence-electron chi connectivity index (χ3n) is 2.52. The Morgan fingerprint density at radius 3 is 2.38 bits per heavy atom. The fourth-order valence-electron chi connectivity index (χ4n) is 1.65. The number of benzene rings is 1. The van der Waals surface area contributed by atoms with Crippen LogP contribution in [0.2, 0.25) is 5.02 Å². The smallest absolute Gasteiger partial charge is 0.234 e. The van der Waals surface area contributed by atoms with Gasteiger partial charge in [-0.15, -0.1) is 0 Å². The van der Waals surface area contributed by atoms with E-state index in [4.69, 9.17) is 11.6 Å². The number of carbonyl (C=O) groups is 2. The van der Waals surface area contributed by atoms with Gasteiger partial charge in [0, 0.05) is 22.3 Å². The molecule has 2 amide bonds. The molecule has 1 aliphatic rings. The van der Waals surface area contributed by atoms with Crippen LogP contribution in [0.5, 0.6) is 0 Å². The predicted octanol–water partition coefficient (Wildman–Crippen LogP) is 3.06. The van der Waals surface area contributed by atoms with Gasteiger partial charge in [-0.25, -0.2) is 4.90 Å². The molecule has 0 radical (unpaired) electrons. The summed E-state index contributed by atoms with van der Waals surface area (Å²) >= 11 is 9.33. The van der Waals surface area contributed by atoms with E-state index in [1.165, 1.54) is 4.90 Å². The molecule has 84 valence electrons. The first kappa shape index (κ1) is 11.6. The van der Waals surface area contributed by atoms with E-state index < -0.39 is 0 Å². The van der Waals surface area contributed by atoms with Crippen LogP contribution in [0.15, 0.2) is 16.6 Å². The Morgan fingerprint density at radius 2 is 1.81 bits per heavy atom. The molecular formula is C11H9BrClNO2. The Morgan fingerprint density at radius 1 is 1.25 bits per heavy atom. The van der Waals surface area contributed by atoms with Crippen molar-refractivity contribution >= 4 is 45.0 Å². The van der Waals surface area contributed by atoms with Gasteiger partial charge in [-0.2, -0.15) is 0 Å². The van der Waals surface area contributed by atoms with E-state index in [-0.39, 0.29) is 24.7 Å². The van der Waals surface area contributed by atoms with Crippen molar-refractivity contribution < 1.29 is 9.59 Å². The number of anilines is 1. The largest absolute Gasteiger partial charge is 0.274 e. The molecule has 0 unspecified atom stereocenters. The molecule has 1 fully saturated rings. The van der Waals surface area contributed by atoms with E-state index in [0.717, 1.165) is 5.56 Å². The van der Waals surface area contributed by atoms with Crippen LogP contribution < -0.4 is 4.90 Å². The first-order valence-electron chi connectivity index (χ1n) is 4.82. The highest BCUT2D eigenvalue weighted by atomic mass is 79.9. The average Bonchev–Trinajstić information content (AvgIpc) is 2.53. The van der Waals surface area contributed by atoms with E-state index in [1.807, 2.05) is 6.92 Å². The summed E-state index contributed by atoms with van der Waals surface area (Å²) in [6.07, 6.45) is 0.549. The molecule has 2 rings (SSSR count). The standard InChI is InChI=1S/C11H9BrClNO2/c1-6-4-7(12)9(5-8(6)13)14-10(15)2-3-11(14)16/h4-5H,2-3H2,1H3. The molecule has 1 aliphatic heterocycles. The van der Waals surface area contributed by atoms with Crippen LogP contribution >= 0.6 is 27.5 Å². The summed E-state index contributed by atoms with van der Waals surface area (Å²) in [5.41, 5.74) is 1.43. The van der Waals surface area contributed by atoms with Crippen LogP contribution in [-0.4, -0.2) is 11.8 Å². The summed E-state index contributed by atoms with van der Waals surface area (Å²) in [4.78, 5) is 24.3. The molecule has 0 saturated carbocycles. The molecule has 1 saturated heterocycles. The first-order valence-corrected chi connectivity index (χ1v) is 5.99. The molecule has 3 nitrogen and oxygen atoms in total. The van der Waals surface area contributed by atoms with Crippen molar-refractivity contribution in [1.29, 1.82) is 0 Å². The van der Waals surface area contributed by atoms with E-state index >= 15 is 0 Å². The van der Waals surface area contributed by atoms with Gasteiger partial charge in [0.1, 0.15) is 0 Å². The van der Waals surface area contributed by atoms with Crippen LogP contribution in [0.25, 0.3) is 0 Å². The van der Waals surface area contributed by atoms with Gasteiger partial charge in [0.15, 0.2) is 0 Å². The van der Waals surface area contributed by atoms with Crippen molar-refractivity contribution in [2.45, 2.75) is 19.8 Å². The fraction of sp³-hybridized carbons (Fsp3) is 0.273. The SMILES string of the molecule is Cc1cc(Br)c(N2C(=O)CCC2=O)cc1Cl. The van der Waals surface area contributed by atoms with Gasteiger partial charge in [0.05, 0.1) is 5.69 Å². The van der Waals surface area contributed by atoms with Gasteiger partial charge in [-0.05, 0) is 40.5 Å². The van der Waals surface area contributed by atoms with Crippen LogP contribution in [-0.2, 0) is 9.59 Å². The zero-order valence-corrected chi connectivity index (χ0v) is 10.9. The Bertz CT molecular complexity index is 471. The first-order chi connectivity index (χ1) is 7.50. The Labute approximate surface area is 107 Å². The van der Waals surface area contributed by atoms with E-state index in [2.05, 4.69) is 15.9 Å². The van der Waals surface area contributed by atoms with Crippen molar-refractivity contribution in [1.82, 2.24) is 0 Å². The van der Waals surface area contributed by atoms with E-state index in [0.29, 0.717) is 15.2 Å². The van der Waals surface area contributed by atoms with Gasteiger partial charge in [0.2, 0.25) is 11.8 Å². The molecule has 0 atom stereocenters. The minimum Gasteiger partial charge on any atom is -0.274 e. The van der Waals surface area contributed by atoms with E-state index in [9.17, 15) is 9.59 Å². The topological polar surface area (TPSA) is 37.4 Å². The summed E-state index contributed by atoms with van der Waals surface area (Å²) in [6, 6.07) is 3.44. The lowest BCUT2D eigenvalue weighted by Crippen LogP contribution is -2.28. The molecule has 1 aromatic rings. The summed E-state index contributed by atoms with van der Waals surface area (Å²) in [6.45, 7) is 1.87. The maximum absolute atomic E-state index is 11.6. The van der Waals surface area contributed by atoms with E-state index in [1.54, 1.807) is 12.1 Å². The number of rotatable bonds is 1. The Hall–Kier alpha value is -0.870. The number of carbonyl (C=O) groups excluding carboxylic acids is 2. The number of amides is 2. The van der Waals surface area contributed by atoms with Crippen molar-refractivity contribution in [2.24, 2.45) is 0 Å². The molecule has 0 bridgehead atoms. The molecule has 0 aromatic heterocycles. The van der Waals surface area contributed by atoms with Gasteiger partial charge in [-0.1, -0.05) is 11.6 Å². The highest BCUT2D eigenvalue weighted by Crippen LogP contribution is 2.34. The molecule has 1 heterocycles. The summed E-state index contributed by atoms with van der Waals surface area (Å²) in [5.74, 6) is -0.351. The summed E-state index contributed by atoms with van der Waals surface area (Å²) < 4.78 is 0.706. The molecule has 1 aromatic carbocycles. The number of hydrogen-bond donors (Lipinski definition) is 0. The Kier molecular flexibility index (Phi) is 3.04. The highest BCUT2D eigenvalue weighted by Gasteiger charge is 2.31. The van der Waals surface area contributed by atoms with Gasteiger partial charge in [0.25, 0.3) is 0 Å². The zero-order valence-electron chi connectivity index (χ0n) is 8.59. The van der Waals surface area contributed by atoms with Gasteiger partial charge >= 0.3 is 0 Å². The maximum atomic E-state index is 11.6. The lowest BCUT2D eigenvalue weighted by molar-refractivity contribution is -0.121. The van der Waals surface area contributed by atoms with Crippen molar-refractivity contribution in [3.63, 3.8) is 0 Å². The van der Waals surface area contributed by atoms with Crippen LogP contribution in [0.4, 0.5) is 5.69 Å². The Balaban J connectivity index is 2.51. The monoisotopic (exact) mass is 301 g/mol. The number of aryl methyl sites for hydroxylation is 1. The van der Waals surface area contributed by atoms with Gasteiger partial charge in [-0.3, -0.25) is 9.59 Å². The molecular weight excluding hydrogens is 293 g/mol. The average molecular weight is 303 g/mol. The second-order valence-electron chi connectivity index (χ2n) is 3.68. The van der Waals surface area contributed by atoms with Crippen LogP contribution in [0.1, 0.15) is 18.4 Å². The minimum absolute atomic E-state index is 0.175.